The Balaban J connectivity index is 1.67. The van der Waals surface area contributed by atoms with Gasteiger partial charge in [0.25, 0.3) is 0 Å². The molecule has 0 spiro atoms. The van der Waals surface area contributed by atoms with E-state index in [9.17, 15) is 0 Å². The summed E-state index contributed by atoms with van der Waals surface area (Å²) < 4.78 is 0. The topological polar surface area (TPSA) is 24.9 Å². The highest BCUT2D eigenvalue weighted by molar-refractivity contribution is 7.09. The second kappa shape index (κ2) is 5.00. The summed E-state index contributed by atoms with van der Waals surface area (Å²) in [5.41, 5.74) is 2.80. The van der Waals surface area contributed by atoms with Gasteiger partial charge in [-0.05, 0) is 43.0 Å². The van der Waals surface area contributed by atoms with Gasteiger partial charge >= 0.3 is 0 Å². The minimum atomic E-state index is 0.319. The molecular weight excluding hydrogens is 264 g/mol. The lowest BCUT2D eigenvalue weighted by Crippen LogP contribution is -2.31. The largest absolute Gasteiger partial charge is 0.305 e. The Morgan fingerprint density at radius 3 is 3.00 bits per heavy atom. The summed E-state index contributed by atoms with van der Waals surface area (Å²) in [5.74, 6) is 0. The zero-order chi connectivity index (χ0) is 12.5. The molecule has 0 aliphatic heterocycles. The van der Waals surface area contributed by atoms with Crippen LogP contribution in [-0.2, 0) is 12.8 Å². The Labute approximate surface area is 116 Å². The Morgan fingerprint density at radius 1 is 1.39 bits per heavy atom. The monoisotopic (exact) mass is 278 g/mol. The molecule has 4 heteroatoms. The summed E-state index contributed by atoms with van der Waals surface area (Å²) in [7, 11) is 0. The number of hydrogen-bond donors (Lipinski definition) is 1. The van der Waals surface area contributed by atoms with Gasteiger partial charge < -0.3 is 5.32 Å². The van der Waals surface area contributed by atoms with Gasteiger partial charge in [-0.2, -0.15) is 0 Å². The van der Waals surface area contributed by atoms with Crippen LogP contribution in [-0.4, -0.2) is 11.0 Å². The van der Waals surface area contributed by atoms with Crippen LogP contribution >= 0.6 is 22.9 Å². The Bertz CT molecular complexity index is 539. The molecule has 0 fully saturated rings. The van der Waals surface area contributed by atoms with Gasteiger partial charge in [0, 0.05) is 22.6 Å². The van der Waals surface area contributed by atoms with Crippen molar-refractivity contribution in [2.75, 3.05) is 0 Å². The van der Waals surface area contributed by atoms with Crippen molar-refractivity contribution in [2.45, 2.75) is 31.8 Å². The van der Waals surface area contributed by atoms with Gasteiger partial charge in [0.2, 0.25) is 0 Å². The second-order valence-corrected chi connectivity index (χ2v) is 6.14. The molecule has 1 aliphatic carbocycles. The summed E-state index contributed by atoms with van der Waals surface area (Å²) in [6.45, 7) is 2.18. The normalized spacial score (nSPS) is 19.8. The molecular formula is C14H15ClN2S. The third kappa shape index (κ3) is 2.44. The first kappa shape index (κ1) is 12.2. The van der Waals surface area contributed by atoms with Gasteiger partial charge in [0.15, 0.2) is 0 Å². The van der Waals surface area contributed by atoms with Crippen LogP contribution in [0, 0.1) is 0 Å². The molecule has 2 aromatic rings. The molecule has 1 aromatic heterocycles. The van der Waals surface area contributed by atoms with Gasteiger partial charge in [-0.25, -0.2) is 4.98 Å². The molecule has 2 unspecified atom stereocenters. The average molecular weight is 279 g/mol. The van der Waals surface area contributed by atoms with E-state index in [4.69, 9.17) is 11.6 Å². The molecule has 2 atom stereocenters. The van der Waals surface area contributed by atoms with E-state index in [1.54, 1.807) is 11.3 Å². The molecule has 1 heterocycles. The molecule has 0 amide bonds. The van der Waals surface area contributed by atoms with E-state index >= 15 is 0 Å². The van der Waals surface area contributed by atoms with E-state index < -0.39 is 0 Å². The Hall–Kier alpha value is -0.900. The molecule has 0 bridgehead atoms. The zero-order valence-corrected chi connectivity index (χ0v) is 11.8. The standard InChI is InChI=1S/C14H15ClN2S/c1-9(14-16-4-5-18-14)17-13-7-10-2-3-12(15)6-11(10)8-13/h2-6,9,13,17H,7-8H2,1H3. The lowest BCUT2D eigenvalue weighted by molar-refractivity contribution is 0.466. The summed E-state index contributed by atoms with van der Waals surface area (Å²) in [6.07, 6.45) is 4.01. The van der Waals surface area contributed by atoms with E-state index in [-0.39, 0.29) is 0 Å². The van der Waals surface area contributed by atoms with Crippen molar-refractivity contribution >= 4 is 22.9 Å². The van der Waals surface area contributed by atoms with E-state index in [2.05, 4.69) is 29.4 Å². The van der Waals surface area contributed by atoms with E-state index in [1.807, 2.05) is 17.6 Å². The number of halogens is 1. The quantitative estimate of drug-likeness (QED) is 0.928. The molecule has 94 valence electrons. The van der Waals surface area contributed by atoms with Crippen LogP contribution in [0.4, 0.5) is 0 Å². The summed E-state index contributed by atoms with van der Waals surface area (Å²) in [6, 6.07) is 7.03. The van der Waals surface area contributed by atoms with Crippen LogP contribution in [0.25, 0.3) is 0 Å². The lowest BCUT2D eigenvalue weighted by atomic mass is 10.1. The molecule has 1 aromatic carbocycles. The van der Waals surface area contributed by atoms with Crippen LogP contribution in [0.1, 0.15) is 29.1 Å². The highest BCUT2D eigenvalue weighted by atomic mass is 35.5. The molecule has 3 rings (SSSR count). The van der Waals surface area contributed by atoms with Crippen molar-refractivity contribution in [1.82, 2.24) is 10.3 Å². The number of thiazole rings is 1. The van der Waals surface area contributed by atoms with Gasteiger partial charge in [0.05, 0.1) is 6.04 Å². The maximum Gasteiger partial charge on any atom is 0.109 e. The minimum absolute atomic E-state index is 0.319. The summed E-state index contributed by atoms with van der Waals surface area (Å²) in [4.78, 5) is 4.36. The van der Waals surface area contributed by atoms with Gasteiger partial charge in [-0.3, -0.25) is 0 Å². The van der Waals surface area contributed by atoms with Crippen molar-refractivity contribution in [3.63, 3.8) is 0 Å². The molecule has 18 heavy (non-hydrogen) atoms. The third-order valence-electron chi connectivity index (χ3n) is 3.41. The number of rotatable bonds is 3. The number of fused-ring (bicyclic) bond motifs is 1. The fraction of sp³-hybridized carbons (Fsp3) is 0.357. The number of nitrogens with one attached hydrogen (secondary N) is 1. The molecule has 1 N–H and O–H groups in total. The number of aromatic nitrogens is 1. The number of nitrogens with zero attached hydrogens (tertiary/aromatic N) is 1. The number of benzene rings is 1. The van der Waals surface area contributed by atoms with E-state index in [0.717, 1.165) is 22.9 Å². The lowest BCUT2D eigenvalue weighted by Gasteiger charge is -2.17. The average Bonchev–Trinajstić information content (AvgIpc) is 2.95. The Kier molecular flexibility index (Phi) is 3.37. The highest BCUT2D eigenvalue weighted by Crippen LogP contribution is 2.27. The second-order valence-electron chi connectivity index (χ2n) is 4.78. The fourth-order valence-corrected chi connectivity index (χ4v) is 3.43. The van der Waals surface area contributed by atoms with Crippen LogP contribution in [0.3, 0.4) is 0 Å². The molecule has 0 radical (unpaired) electrons. The van der Waals surface area contributed by atoms with Crippen molar-refractivity contribution in [3.05, 3.63) is 50.9 Å². The minimum Gasteiger partial charge on any atom is -0.305 e. The maximum absolute atomic E-state index is 6.03. The van der Waals surface area contributed by atoms with Gasteiger partial charge in [-0.1, -0.05) is 17.7 Å². The maximum atomic E-state index is 6.03. The van der Waals surface area contributed by atoms with Crippen molar-refractivity contribution < 1.29 is 0 Å². The first-order chi connectivity index (χ1) is 8.72. The van der Waals surface area contributed by atoms with Gasteiger partial charge in [0.1, 0.15) is 5.01 Å². The van der Waals surface area contributed by atoms with Crippen LogP contribution in [0.2, 0.25) is 5.02 Å². The van der Waals surface area contributed by atoms with Crippen LogP contribution in [0.5, 0.6) is 0 Å². The van der Waals surface area contributed by atoms with E-state index in [0.29, 0.717) is 12.1 Å². The SMILES string of the molecule is CC(NC1Cc2ccc(Cl)cc2C1)c1nccs1. The highest BCUT2D eigenvalue weighted by Gasteiger charge is 2.23. The third-order valence-corrected chi connectivity index (χ3v) is 4.60. The Morgan fingerprint density at radius 2 is 2.22 bits per heavy atom. The number of hydrogen-bond acceptors (Lipinski definition) is 3. The summed E-state index contributed by atoms with van der Waals surface area (Å²) in [5, 5.41) is 7.67. The van der Waals surface area contributed by atoms with E-state index in [1.165, 1.54) is 11.1 Å². The van der Waals surface area contributed by atoms with Crippen molar-refractivity contribution in [2.24, 2.45) is 0 Å². The van der Waals surface area contributed by atoms with Gasteiger partial charge in [-0.15, -0.1) is 11.3 Å². The molecule has 0 saturated heterocycles. The van der Waals surface area contributed by atoms with Crippen LogP contribution < -0.4 is 5.32 Å². The molecule has 2 nitrogen and oxygen atoms in total. The van der Waals surface area contributed by atoms with Crippen molar-refractivity contribution in [3.8, 4) is 0 Å². The molecule has 1 aliphatic rings. The predicted octanol–water partition coefficient (Wildman–Crippen LogP) is 3.61. The van der Waals surface area contributed by atoms with Crippen molar-refractivity contribution in [1.29, 1.82) is 0 Å². The predicted molar refractivity (Wildman–Crippen MR) is 76.3 cm³/mol. The molecule has 0 saturated carbocycles. The summed E-state index contributed by atoms with van der Waals surface area (Å²) >= 11 is 7.74. The first-order valence-electron chi connectivity index (χ1n) is 6.15. The smallest absolute Gasteiger partial charge is 0.109 e. The first-order valence-corrected chi connectivity index (χ1v) is 7.41. The fourth-order valence-electron chi connectivity index (χ4n) is 2.58. The zero-order valence-electron chi connectivity index (χ0n) is 10.2. The van der Waals surface area contributed by atoms with Crippen LogP contribution in [0.15, 0.2) is 29.8 Å².